The largest absolute Gasteiger partial charge is 0.480 e. The summed E-state index contributed by atoms with van der Waals surface area (Å²) < 4.78 is 0. The molecule has 1 rings (SSSR count). The molecular formula is C13H25NO2S. The lowest BCUT2D eigenvalue weighted by Gasteiger charge is -2.26. The van der Waals surface area contributed by atoms with E-state index in [0.717, 1.165) is 25.0 Å². The minimum atomic E-state index is -0.712. The zero-order valence-electron chi connectivity index (χ0n) is 11.3. The van der Waals surface area contributed by atoms with Crippen molar-refractivity contribution in [3.63, 3.8) is 0 Å². The van der Waals surface area contributed by atoms with Gasteiger partial charge >= 0.3 is 5.97 Å². The summed E-state index contributed by atoms with van der Waals surface area (Å²) in [5, 5.41) is 13.1. The van der Waals surface area contributed by atoms with E-state index in [0.29, 0.717) is 16.7 Å². The molecule has 3 atom stereocenters. The van der Waals surface area contributed by atoms with Crippen molar-refractivity contribution >= 4 is 17.7 Å². The highest BCUT2D eigenvalue weighted by molar-refractivity contribution is 8.00. The van der Waals surface area contributed by atoms with Crippen molar-refractivity contribution < 1.29 is 9.90 Å². The summed E-state index contributed by atoms with van der Waals surface area (Å²) in [5.74, 6) is 0.325. The second kappa shape index (κ2) is 6.10. The van der Waals surface area contributed by atoms with Crippen molar-refractivity contribution in [1.82, 2.24) is 5.32 Å². The van der Waals surface area contributed by atoms with Crippen LogP contribution < -0.4 is 5.32 Å². The SMILES string of the molecule is CCCC(NC1CSC(C(C)(C)C)C1)C(=O)O. The quantitative estimate of drug-likeness (QED) is 0.797. The van der Waals surface area contributed by atoms with Crippen LogP contribution in [0.1, 0.15) is 47.0 Å². The molecule has 1 heterocycles. The molecule has 1 fully saturated rings. The van der Waals surface area contributed by atoms with Crippen LogP contribution in [0.25, 0.3) is 0 Å². The number of rotatable bonds is 5. The van der Waals surface area contributed by atoms with E-state index in [1.807, 2.05) is 18.7 Å². The number of aliphatic carboxylic acids is 1. The lowest BCUT2D eigenvalue weighted by Crippen LogP contribution is -2.43. The van der Waals surface area contributed by atoms with E-state index in [9.17, 15) is 4.79 Å². The Kier molecular flexibility index (Phi) is 5.32. The molecule has 17 heavy (non-hydrogen) atoms. The summed E-state index contributed by atoms with van der Waals surface area (Å²) in [6, 6.07) is -0.0128. The van der Waals surface area contributed by atoms with Crippen LogP contribution >= 0.6 is 11.8 Å². The van der Waals surface area contributed by atoms with Gasteiger partial charge in [-0.2, -0.15) is 11.8 Å². The molecule has 1 aliphatic heterocycles. The second-order valence-corrected chi connectivity index (χ2v) is 7.20. The van der Waals surface area contributed by atoms with E-state index in [2.05, 4.69) is 26.1 Å². The number of thioether (sulfide) groups is 1. The first-order valence-electron chi connectivity index (χ1n) is 6.45. The molecule has 0 aromatic heterocycles. The van der Waals surface area contributed by atoms with Gasteiger partial charge in [-0.25, -0.2) is 0 Å². The molecule has 0 amide bonds. The van der Waals surface area contributed by atoms with Gasteiger partial charge in [-0.05, 0) is 18.3 Å². The monoisotopic (exact) mass is 259 g/mol. The van der Waals surface area contributed by atoms with Crippen LogP contribution in [0.4, 0.5) is 0 Å². The summed E-state index contributed by atoms with van der Waals surface area (Å²) in [4.78, 5) is 11.1. The van der Waals surface area contributed by atoms with Crippen LogP contribution in [-0.2, 0) is 4.79 Å². The van der Waals surface area contributed by atoms with Gasteiger partial charge in [-0.3, -0.25) is 4.79 Å². The summed E-state index contributed by atoms with van der Waals surface area (Å²) in [5.41, 5.74) is 0.310. The second-order valence-electron chi connectivity index (χ2n) is 5.97. The van der Waals surface area contributed by atoms with Gasteiger partial charge in [0.2, 0.25) is 0 Å². The van der Waals surface area contributed by atoms with E-state index in [1.54, 1.807) is 0 Å². The highest BCUT2D eigenvalue weighted by Gasteiger charge is 2.35. The maximum atomic E-state index is 11.1. The molecule has 100 valence electrons. The predicted molar refractivity (Wildman–Crippen MR) is 73.6 cm³/mol. The molecule has 3 unspecified atom stereocenters. The Morgan fingerprint density at radius 2 is 2.18 bits per heavy atom. The van der Waals surface area contributed by atoms with Gasteiger partial charge in [0.15, 0.2) is 0 Å². The molecule has 1 aliphatic rings. The first-order valence-corrected chi connectivity index (χ1v) is 7.50. The Balaban J connectivity index is 2.46. The Labute approximate surface area is 109 Å². The van der Waals surface area contributed by atoms with Crippen molar-refractivity contribution in [3.8, 4) is 0 Å². The van der Waals surface area contributed by atoms with E-state index in [1.165, 1.54) is 0 Å². The van der Waals surface area contributed by atoms with Gasteiger partial charge < -0.3 is 10.4 Å². The van der Waals surface area contributed by atoms with E-state index >= 15 is 0 Å². The van der Waals surface area contributed by atoms with Crippen LogP contribution in [0.5, 0.6) is 0 Å². The number of hydrogen-bond acceptors (Lipinski definition) is 3. The fourth-order valence-electron chi connectivity index (χ4n) is 2.20. The van der Waals surface area contributed by atoms with Gasteiger partial charge in [0.25, 0.3) is 0 Å². The van der Waals surface area contributed by atoms with Gasteiger partial charge in [0.1, 0.15) is 6.04 Å². The molecule has 0 spiro atoms. The average Bonchev–Trinajstić information content (AvgIpc) is 2.64. The van der Waals surface area contributed by atoms with E-state index < -0.39 is 5.97 Å². The molecule has 2 N–H and O–H groups in total. The smallest absolute Gasteiger partial charge is 0.320 e. The van der Waals surface area contributed by atoms with Crippen LogP contribution in [0.2, 0.25) is 0 Å². The fourth-order valence-corrected chi connectivity index (χ4v) is 3.76. The van der Waals surface area contributed by atoms with Crippen molar-refractivity contribution in [1.29, 1.82) is 0 Å². The van der Waals surface area contributed by atoms with Crippen molar-refractivity contribution in [2.24, 2.45) is 5.41 Å². The maximum Gasteiger partial charge on any atom is 0.320 e. The summed E-state index contributed by atoms with van der Waals surface area (Å²) in [6.07, 6.45) is 2.71. The van der Waals surface area contributed by atoms with Gasteiger partial charge in [0.05, 0.1) is 0 Å². The zero-order valence-corrected chi connectivity index (χ0v) is 12.1. The molecule has 0 bridgehead atoms. The molecule has 0 saturated carbocycles. The Morgan fingerprint density at radius 3 is 2.59 bits per heavy atom. The normalized spacial score (nSPS) is 27.1. The number of nitrogens with one attached hydrogen (secondary N) is 1. The standard InChI is InChI=1S/C13H25NO2S/c1-5-6-10(12(15)16)14-9-7-11(17-8-9)13(2,3)4/h9-11,14H,5-8H2,1-4H3,(H,15,16). The van der Waals surface area contributed by atoms with Gasteiger partial charge in [-0.1, -0.05) is 34.1 Å². The molecular weight excluding hydrogens is 234 g/mol. The number of carbonyl (C=O) groups is 1. The molecule has 4 heteroatoms. The van der Waals surface area contributed by atoms with E-state index in [4.69, 9.17) is 5.11 Å². The Hall–Kier alpha value is -0.220. The van der Waals surface area contributed by atoms with Crippen molar-refractivity contribution in [3.05, 3.63) is 0 Å². The van der Waals surface area contributed by atoms with Crippen molar-refractivity contribution in [2.45, 2.75) is 64.3 Å². The topological polar surface area (TPSA) is 49.3 Å². The van der Waals surface area contributed by atoms with Gasteiger partial charge in [-0.15, -0.1) is 0 Å². The summed E-state index contributed by atoms with van der Waals surface area (Å²) in [7, 11) is 0. The lowest BCUT2D eigenvalue weighted by atomic mass is 9.88. The summed E-state index contributed by atoms with van der Waals surface area (Å²) >= 11 is 1.97. The highest BCUT2D eigenvalue weighted by atomic mass is 32.2. The molecule has 0 aromatic rings. The van der Waals surface area contributed by atoms with Gasteiger partial charge in [0, 0.05) is 17.0 Å². The Bertz CT molecular complexity index is 263. The van der Waals surface area contributed by atoms with E-state index in [-0.39, 0.29) is 6.04 Å². The third-order valence-corrected chi connectivity index (χ3v) is 5.17. The summed E-state index contributed by atoms with van der Waals surface area (Å²) in [6.45, 7) is 8.80. The van der Waals surface area contributed by atoms with Crippen LogP contribution in [0.15, 0.2) is 0 Å². The molecule has 1 saturated heterocycles. The third kappa shape index (κ3) is 4.51. The molecule has 0 aromatic carbocycles. The third-order valence-electron chi connectivity index (χ3n) is 3.28. The first kappa shape index (κ1) is 14.8. The average molecular weight is 259 g/mol. The zero-order chi connectivity index (χ0) is 13.1. The minimum Gasteiger partial charge on any atom is -0.480 e. The van der Waals surface area contributed by atoms with Crippen LogP contribution in [-0.4, -0.2) is 34.2 Å². The number of carboxylic acids is 1. The number of carboxylic acid groups (broad SMARTS) is 1. The predicted octanol–water partition coefficient (Wildman–Crippen LogP) is 2.75. The number of hydrogen-bond donors (Lipinski definition) is 2. The highest BCUT2D eigenvalue weighted by Crippen LogP contribution is 2.39. The minimum absolute atomic E-state index is 0.310. The lowest BCUT2D eigenvalue weighted by molar-refractivity contribution is -0.139. The maximum absolute atomic E-state index is 11.1. The molecule has 0 radical (unpaired) electrons. The Morgan fingerprint density at radius 1 is 1.53 bits per heavy atom. The molecule has 0 aliphatic carbocycles. The van der Waals surface area contributed by atoms with Crippen LogP contribution in [0.3, 0.4) is 0 Å². The van der Waals surface area contributed by atoms with Crippen LogP contribution in [0, 0.1) is 5.41 Å². The first-order chi connectivity index (χ1) is 7.84. The fraction of sp³-hybridized carbons (Fsp3) is 0.923. The molecule has 3 nitrogen and oxygen atoms in total. The van der Waals surface area contributed by atoms with Crippen molar-refractivity contribution in [2.75, 3.05) is 5.75 Å².